The molecular weight excluding hydrogens is 299 g/mol. The number of benzene rings is 1. The molecule has 110 valence electrons. The van der Waals surface area contributed by atoms with Gasteiger partial charge in [0.25, 0.3) is 0 Å². The summed E-state index contributed by atoms with van der Waals surface area (Å²) in [6.45, 7) is 2.94. The van der Waals surface area contributed by atoms with Crippen LogP contribution in [-0.4, -0.2) is 50.2 Å². The van der Waals surface area contributed by atoms with Crippen molar-refractivity contribution in [3.63, 3.8) is 0 Å². The number of hydrogen-bond donors (Lipinski definition) is 1. The number of hydrogen-bond acceptors (Lipinski definition) is 3. The van der Waals surface area contributed by atoms with Gasteiger partial charge in [0.1, 0.15) is 0 Å². The molecule has 6 heteroatoms. The molecule has 0 radical (unpaired) electrons. The molecule has 0 aliphatic carbocycles. The highest BCUT2D eigenvalue weighted by Gasteiger charge is 2.18. The van der Waals surface area contributed by atoms with E-state index in [1.807, 2.05) is 6.07 Å². The number of nitrogens with zero attached hydrogens (tertiary/aromatic N) is 1. The Morgan fingerprint density at radius 2 is 2.25 bits per heavy atom. The van der Waals surface area contributed by atoms with Crippen LogP contribution >= 0.6 is 23.2 Å². The van der Waals surface area contributed by atoms with Crippen molar-refractivity contribution >= 4 is 29.1 Å². The number of halogens is 2. The second kappa shape index (κ2) is 7.27. The minimum Gasteiger partial charge on any atom is -0.374 e. The maximum Gasteiger partial charge on any atom is 0.226 e. The Morgan fingerprint density at radius 3 is 2.90 bits per heavy atom. The van der Waals surface area contributed by atoms with Crippen molar-refractivity contribution in [2.24, 2.45) is 0 Å². The number of ether oxygens (including phenoxy) is 1. The Kier molecular flexibility index (Phi) is 5.66. The summed E-state index contributed by atoms with van der Waals surface area (Å²) in [4.78, 5) is 13.9. The third-order valence-corrected chi connectivity index (χ3v) is 3.99. The minimum atomic E-state index is 0.0394. The Labute approximate surface area is 129 Å². The first-order chi connectivity index (χ1) is 9.56. The monoisotopic (exact) mass is 316 g/mol. The largest absolute Gasteiger partial charge is 0.374 e. The van der Waals surface area contributed by atoms with Crippen LogP contribution in [0.15, 0.2) is 18.2 Å². The number of nitrogens with one attached hydrogen (secondary N) is 1. The summed E-state index contributed by atoms with van der Waals surface area (Å²) in [6.07, 6.45) is 0.375. The highest BCUT2D eigenvalue weighted by molar-refractivity contribution is 6.42. The third-order valence-electron chi connectivity index (χ3n) is 3.25. The molecule has 0 spiro atoms. The van der Waals surface area contributed by atoms with Crippen LogP contribution in [0.3, 0.4) is 0 Å². The van der Waals surface area contributed by atoms with Gasteiger partial charge in [0.05, 0.1) is 29.2 Å². The van der Waals surface area contributed by atoms with E-state index in [4.69, 9.17) is 27.9 Å². The summed E-state index contributed by atoms with van der Waals surface area (Å²) in [5, 5.41) is 4.22. The summed E-state index contributed by atoms with van der Waals surface area (Å²) in [7, 11) is 1.79. The van der Waals surface area contributed by atoms with Crippen LogP contribution < -0.4 is 5.32 Å². The van der Waals surface area contributed by atoms with Crippen LogP contribution in [0.4, 0.5) is 0 Å². The van der Waals surface area contributed by atoms with E-state index >= 15 is 0 Å². The lowest BCUT2D eigenvalue weighted by atomic mass is 10.1. The van der Waals surface area contributed by atoms with Crippen molar-refractivity contribution in [2.45, 2.75) is 12.5 Å². The Bertz CT molecular complexity index is 476. The van der Waals surface area contributed by atoms with Gasteiger partial charge in [-0.05, 0) is 17.7 Å². The van der Waals surface area contributed by atoms with Crippen LogP contribution in [0.5, 0.6) is 0 Å². The Hall–Kier alpha value is -0.810. The molecule has 1 saturated heterocycles. The van der Waals surface area contributed by atoms with E-state index in [0.717, 1.165) is 18.7 Å². The van der Waals surface area contributed by atoms with Gasteiger partial charge in [-0.3, -0.25) is 4.79 Å². The number of rotatable bonds is 4. The predicted molar refractivity (Wildman–Crippen MR) is 80.4 cm³/mol. The van der Waals surface area contributed by atoms with Gasteiger partial charge in [-0.2, -0.15) is 0 Å². The van der Waals surface area contributed by atoms with Crippen LogP contribution in [0.25, 0.3) is 0 Å². The normalized spacial score (nSPS) is 18.9. The van der Waals surface area contributed by atoms with Gasteiger partial charge in [0.15, 0.2) is 0 Å². The smallest absolute Gasteiger partial charge is 0.226 e. The zero-order valence-corrected chi connectivity index (χ0v) is 12.9. The topological polar surface area (TPSA) is 41.6 Å². The Morgan fingerprint density at radius 1 is 1.45 bits per heavy atom. The zero-order chi connectivity index (χ0) is 14.5. The van der Waals surface area contributed by atoms with E-state index in [9.17, 15) is 4.79 Å². The van der Waals surface area contributed by atoms with Gasteiger partial charge in [-0.25, -0.2) is 0 Å². The molecule has 0 aromatic heterocycles. The minimum absolute atomic E-state index is 0.0394. The average molecular weight is 317 g/mol. The first kappa shape index (κ1) is 15.6. The molecule has 1 N–H and O–H groups in total. The molecular formula is C14H18Cl2N2O2. The highest BCUT2D eigenvalue weighted by atomic mass is 35.5. The summed E-state index contributed by atoms with van der Waals surface area (Å²) in [6, 6.07) is 5.26. The molecule has 0 saturated carbocycles. The van der Waals surface area contributed by atoms with Crippen molar-refractivity contribution in [3.8, 4) is 0 Å². The summed E-state index contributed by atoms with van der Waals surface area (Å²) in [5.74, 6) is 0.0394. The molecule has 1 fully saturated rings. The van der Waals surface area contributed by atoms with Gasteiger partial charge in [0.2, 0.25) is 5.91 Å². The number of amides is 1. The first-order valence-electron chi connectivity index (χ1n) is 6.56. The van der Waals surface area contributed by atoms with Gasteiger partial charge in [-0.15, -0.1) is 0 Å². The zero-order valence-electron chi connectivity index (χ0n) is 11.4. The summed E-state index contributed by atoms with van der Waals surface area (Å²) < 4.78 is 5.59. The molecule has 1 atom stereocenters. The van der Waals surface area contributed by atoms with E-state index in [-0.39, 0.29) is 12.0 Å². The van der Waals surface area contributed by atoms with E-state index in [1.54, 1.807) is 24.1 Å². The van der Waals surface area contributed by atoms with Gasteiger partial charge in [-0.1, -0.05) is 29.3 Å². The number of carbonyl (C=O) groups is 1. The van der Waals surface area contributed by atoms with Crippen molar-refractivity contribution in [2.75, 3.05) is 33.3 Å². The van der Waals surface area contributed by atoms with Crippen molar-refractivity contribution < 1.29 is 9.53 Å². The molecule has 1 amide bonds. The van der Waals surface area contributed by atoms with E-state index < -0.39 is 0 Å². The van der Waals surface area contributed by atoms with Gasteiger partial charge >= 0.3 is 0 Å². The van der Waals surface area contributed by atoms with Gasteiger partial charge < -0.3 is 15.0 Å². The molecule has 1 aromatic carbocycles. The molecule has 0 bridgehead atoms. The fourth-order valence-corrected chi connectivity index (χ4v) is 2.42. The second-order valence-electron chi connectivity index (χ2n) is 4.90. The third kappa shape index (κ3) is 4.35. The van der Waals surface area contributed by atoms with Crippen molar-refractivity contribution in [3.05, 3.63) is 33.8 Å². The number of likely N-dealkylation sites (N-methyl/N-ethyl adjacent to an activating group) is 1. The molecule has 1 heterocycles. The predicted octanol–water partition coefficient (Wildman–Crippen LogP) is 1.98. The molecule has 4 nitrogen and oxygen atoms in total. The second-order valence-corrected chi connectivity index (χ2v) is 5.71. The summed E-state index contributed by atoms with van der Waals surface area (Å²) in [5.41, 5.74) is 0.860. The van der Waals surface area contributed by atoms with E-state index in [1.165, 1.54) is 0 Å². The molecule has 1 aromatic rings. The lowest BCUT2D eigenvalue weighted by Crippen LogP contribution is -2.46. The van der Waals surface area contributed by atoms with E-state index in [2.05, 4.69) is 5.32 Å². The van der Waals surface area contributed by atoms with E-state index in [0.29, 0.717) is 29.6 Å². The maximum atomic E-state index is 12.2. The SMILES string of the molecule is CN(CC1CNCCO1)C(=O)Cc1ccc(Cl)c(Cl)c1. The Balaban J connectivity index is 1.88. The van der Waals surface area contributed by atoms with Crippen LogP contribution in [0.2, 0.25) is 10.0 Å². The number of morpholine rings is 1. The van der Waals surface area contributed by atoms with Crippen LogP contribution in [-0.2, 0) is 16.0 Å². The first-order valence-corrected chi connectivity index (χ1v) is 7.32. The van der Waals surface area contributed by atoms with Crippen LogP contribution in [0, 0.1) is 0 Å². The summed E-state index contributed by atoms with van der Waals surface area (Å²) >= 11 is 11.8. The molecule has 1 unspecified atom stereocenters. The maximum absolute atomic E-state index is 12.2. The lowest BCUT2D eigenvalue weighted by Gasteiger charge is -2.28. The molecule has 20 heavy (non-hydrogen) atoms. The molecule has 1 aliphatic heterocycles. The molecule has 1 aliphatic rings. The molecule has 2 rings (SSSR count). The van der Waals surface area contributed by atoms with Crippen molar-refractivity contribution in [1.82, 2.24) is 10.2 Å². The lowest BCUT2D eigenvalue weighted by molar-refractivity contribution is -0.131. The average Bonchev–Trinajstić information content (AvgIpc) is 2.44. The van der Waals surface area contributed by atoms with Crippen molar-refractivity contribution in [1.29, 1.82) is 0 Å². The number of carbonyl (C=O) groups excluding carboxylic acids is 1. The fourth-order valence-electron chi connectivity index (χ4n) is 2.10. The quantitative estimate of drug-likeness (QED) is 0.923. The van der Waals surface area contributed by atoms with Crippen LogP contribution in [0.1, 0.15) is 5.56 Å². The van der Waals surface area contributed by atoms with Gasteiger partial charge in [0, 0.05) is 26.7 Å². The highest BCUT2D eigenvalue weighted by Crippen LogP contribution is 2.23. The standard InChI is InChI=1S/C14H18Cl2N2O2/c1-18(9-11-8-17-4-5-20-11)14(19)7-10-2-3-12(15)13(16)6-10/h2-3,6,11,17H,4-5,7-9H2,1H3. The fraction of sp³-hybridized carbons (Fsp3) is 0.500.